The molecule has 0 saturated carbocycles. The van der Waals surface area contributed by atoms with Gasteiger partial charge in [0.2, 0.25) is 0 Å². The number of halogens is 9. The second-order valence-corrected chi connectivity index (χ2v) is 10.5. The Morgan fingerprint density at radius 2 is 1.44 bits per heavy atom. The maximum atomic E-state index is 13.8. The van der Waals surface area contributed by atoms with Crippen molar-refractivity contribution < 1.29 is 44.6 Å². The van der Waals surface area contributed by atoms with Crippen molar-refractivity contribution in [2.24, 2.45) is 7.05 Å². The quantitative estimate of drug-likeness (QED) is 0.294. The molecule has 2 heterocycles. The molecule has 0 spiro atoms. The summed E-state index contributed by atoms with van der Waals surface area (Å²) >= 11 is 0. The van der Waals surface area contributed by atoms with Gasteiger partial charge in [-0.2, -0.15) is 44.3 Å². The number of piperidine rings is 1. The highest BCUT2D eigenvalue weighted by Crippen LogP contribution is 2.38. The number of aliphatic hydroxyl groups is 1. The van der Waals surface area contributed by atoms with Crippen LogP contribution in [0.4, 0.5) is 45.5 Å². The maximum absolute atomic E-state index is 13.8. The first kappa shape index (κ1) is 32.5. The number of aryl methyl sites for hydroxylation is 1. The molecular formula is C27H29F9N6O. The molecule has 1 saturated heterocycles. The van der Waals surface area contributed by atoms with Crippen molar-refractivity contribution in [3.05, 3.63) is 69.8 Å². The molecule has 0 aliphatic carbocycles. The zero-order valence-electron chi connectivity index (χ0n) is 23.1. The van der Waals surface area contributed by atoms with Crippen molar-refractivity contribution in [2.45, 2.75) is 70.0 Å². The maximum Gasteiger partial charge on any atom is 0.416 e. The van der Waals surface area contributed by atoms with Crippen LogP contribution in [0.2, 0.25) is 0 Å². The molecule has 1 atom stereocenters. The largest absolute Gasteiger partial charge is 0.416 e. The zero-order chi connectivity index (χ0) is 31.7. The zero-order valence-corrected chi connectivity index (χ0v) is 23.1. The number of likely N-dealkylation sites (tertiary alicyclic amines) is 1. The van der Waals surface area contributed by atoms with Crippen molar-refractivity contribution in [1.29, 1.82) is 0 Å². The molecule has 0 amide bonds. The lowest BCUT2D eigenvalue weighted by Crippen LogP contribution is -2.39. The number of benzene rings is 2. The van der Waals surface area contributed by atoms with Gasteiger partial charge in [-0.1, -0.05) is 18.1 Å². The van der Waals surface area contributed by atoms with Crippen LogP contribution in [0.25, 0.3) is 0 Å². The van der Waals surface area contributed by atoms with Crippen LogP contribution in [-0.2, 0) is 38.7 Å². The number of rotatable bonds is 8. The number of aromatic nitrogens is 4. The van der Waals surface area contributed by atoms with Crippen molar-refractivity contribution in [2.75, 3.05) is 18.0 Å². The van der Waals surface area contributed by atoms with E-state index in [0.29, 0.717) is 50.0 Å². The summed E-state index contributed by atoms with van der Waals surface area (Å²) in [5, 5.41) is 21.5. The van der Waals surface area contributed by atoms with Crippen molar-refractivity contribution in [3.8, 4) is 0 Å². The molecule has 1 fully saturated rings. The van der Waals surface area contributed by atoms with Crippen LogP contribution in [0.3, 0.4) is 0 Å². The first-order chi connectivity index (χ1) is 20.0. The topological polar surface area (TPSA) is 70.3 Å². The van der Waals surface area contributed by atoms with E-state index in [1.54, 1.807) is 0 Å². The third-order valence-electron chi connectivity index (χ3n) is 7.32. The van der Waals surface area contributed by atoms with E-state index in [1.165, 1.54) is 18.0 Å². The van der Waals surface area contributed by atoms with Crippen molar-refractivity contribution in [3.63, 3.8) is 0 Å². The highest BCUT2D eigenvalue weighted by Gasteiger charge is 2.38. The first-order valence-electron chi connectivity index (χ1n) is 13.3. The molecule has 3 aromatic rings. The molecule has 1 unspecified atom stereocenters. The fraction of sp³-hybridized carbons (Fsp3) is 0.519. The van der Waals surface area contributed by atoms with E-state index in [1.807, 2.05) is 11.8 Å². The predicted molar refractivity (Wildman–Crippen MR) is 136 cm³/mol. The molecule has 0 radical (unpaired) electrons. The number of hydrogen-bond acceptors (Lipinski definition) is 6. The average molecular weight is 625 g/mol. The lowest BCUT2D eigenvalue weighted by atomic mass is 9.92. The van der Waals surface area contributed by atoms with Crippen LogP contribution in [0, 0.1) is 0 Å². The van der Waals surface area contributed by atoms with E-state index in [2.05, 4.69) is 15.4 Å². The van der Waals surface area contributed by atoms with Crippen molar-refractivity contribution in [1.82, 2.24) is 25.1 Å². The third kappa shape index (κ3) is 7.96. The summed E-state index contributed by atoms with van der Waals surface area (Å²) in [7, 11) is 1.38. The van der Waals surface area contributed by atoms with Gasteiger partial charge in [0.15, 0.2) is 0 Å². The minimum absolute atomic E-state index is 0.000717. The van der Waals surface area contributed by atoms with Gasteiger partial charge < -0.3 is 10.0 Å². The van der Waals surface area contributed by atoms with Gasteiger partial charge in [-0.15, -0.1) is 5.10 Å². The van der Waals surface area contributed by atoms with Gasteiger partial charge in [0, 0.05) is 32.2 Å². The van der Waals surface area contributed by atoms with E-state index in [-0.39, 0.29) is 30.2 Å². The SMILES string of the molecule is CCC(c1ccc(C(F)(F)F)cc1CN(Cc1cc(C(F)(F)F)cc(C(F)(F)F)c1)c1nnn(C)n1)N1CCC(O)CC1. The molecule has 16 heteroatoms. The van der Waals surface area contributed by atoms with Gasteiger partial charge >= 0.3 is 18.5 Å². The highest BCUT2D eigenvalue weighted by atomic mass is 19.4. The standard InChI is InChI=1S/C27H29F9N6O/c1-3-23(41-8-6-21(43)7-9-41)22-5-4-18(25(28,29)30)12-17(22)15-42(24-37-39-40(2)38-24)14-16-10-19(26(31,32)33)13-20(11-16)27(34,35)36/h4-5,10-13,21,23,43H,3,6-9,14-15H2,1-2H3. The summed E-state index contributed by atoms with van der Waals surface area (Å²) in [6.45, 7) is 1.84. The van der Waals surface area contributed by atoms with Crippen LogP contribution in [0.5, 0.6) is 0 Å². The smallest absolute Gasteiger partial charge is 0.393 e. The van der Waals surface area contributed by atoms with E-state index < -0.39 is 53.4 Å². The number of anilines is 1. The van der Waals surface area contributed by atoms with Gasteiger partial charge in [0.25, 0.3) is 5.95 Å². The molecule has 43 heavy (non-hydrogen) atoms. The van der Waals surface area contributed by atoms with Gasteiger partial charge in [-0.3, -0.25) is 4.90 Å². The Balaban J connectivity index is 1.80. The summed E-state index contributed by atoms with van der Waals surface area (Å²) in [6, 6.07) is 3.94. The van der Waals surface area contributed by atoms with Gasteiger partial charge in [0.1, 0.15) is 0 Å². The van der Waals surface area contributed by atoms with Crippen LogP contribution < -0.4 is 4.90 Å². The Morgan fingerprint density at radius 3 is 1.93 bits per heavy atom. The predicted octanol–water partition coefficient (Wildman–Crippen LogP) is 6.38. The molecule has 1 aliphatic rings. The monoisotopic (exact) mass is 624 g/mol. The Morgan fingerprint density at radius 1 is 0.860 bits per heavy atom. The Kier molecular flexibility index (Phi) is 9.30. The lowest BCUT2D eigenvalue weighted by molar-refractivity contribution is -0.143. The second-order valence-electron chi connectivity index (χ2n) is 10.5. The van der Waals surface area contributed by atoms with Crippen molar-refractivity contribution >= 4 is 5.95 Å². The van der Waals surface area contributed by atoms with Crippen LogP contribution in [0.15, 0.2) is 36.4 Å². The fourth-order valence-corrected chi connectivity index (χ4v) is 5.25. The van der Waals surface area contributed by atoms with Gasteiger partial charge in [0.05, 0.1) is 29.8 Å². The number of hydrogen-bond donors (Lipinski definition) is 1. The molecule has 1 aromatic heterocycles. The van der Waals surface area contributed by atoms with Gasteiger partial charge in [-0.05, 0) is 71.5 Å². The lowest BCUT2D eigenvalue weighted by Gasteiger charge is -2.37. The molecule has 7 nitrogen and oxygen atoms in total. The third-order valence-corrected chi connectivity index (χ3v) is 7.32. The van der Waals surface area contributed by atoms with Crippen LogP contribution in [-0.4, -0.2) is 49.4 Å². The molecule has 236 valence electrons. The highest BCUT2D eigenvalue weighted by molar-refractivity contribution is 5.42. The molecule has 4 rings (SSSR count). The molecule has 1 aliphatic heterocycles. The number of tetrazole rings is 1. The number of nitrogens with zero attached hydrogens (tertiary/aromatic N) is 6. The number of alkyl halides is 9. The Hall–Kier alpha value is -3.40. The van der Waals surface area contributed by atoms with E-state index in [4.69, 9.17) is 0 Å². The van der Waals surface area contributed by atoms with E-state index >= 15 is 0 Å². The minimum atomic E-state index is -5.09. The van der Waals surface area contributed by atoms with Crippen LogP contribution >= 0.6 is 0 Å². The van der Waals surface area contributed by atoms with Crippen LogP contribution in [0.1, 0.15) is 65.6 Å². The first-order valence-corrected chi connectivity index (χ1v) is 13.3. The fourth-order valence-electron chi connectivity index (χ4n) is 5.25. The number of aliphatic hydroxyl groups excluding tert-OH is 1. The normalized spacial score (nSPS) is 16.5. The summed E-state index contributed by atoms with van der Waals surface area (Å²) in [5.74, 6) is -0.203. The Labute approximate surface area is 240 Å². The summed E-state index contributed by atoms with van der Waals surface area (Å²) in [6.07, 6.45) is -14.0. The molecular weight excluding hydrogens is 595 g/mol. The summed E-state index contributed by atoms with van der Waals surface area (Å²) in [4.78, 5) is 4.23. The average Bonchev–Trinajstić information content (AvgIpc) is 3.35. The molecule has 2 aromatic carbocycles. The molecule has 1 N–H and O–H groups in total. The van der Waals surface area contributed by atoms with E-state index in [9.17, 15) is 44.6 Å². The van der Waals surface area contributed by atoms with Gasteiger partial charge in [-0.25, -0.2) is 0 Å². The second kappa shape index (κ2) is 12.3. The Bertz CT molecular complexity index is 1360. The van der Waals surface area contributed by atoms with E-state index in [0.717, 1.165) is 16.9 Å². The molecule has 0 bridgehead atoms. The summed E-state index contributed by atoms with van der Waals surface area (Å²) < 4.78 is 123. The summed E-state index contributed by atoms with van der Waals surface area (Å²) in [5.41, 5.74) is -3.78. The minimum Gasteiger partial charge on any atom is -0.393 e.